The third-order valence-electron chi connectivity index (χ3n) is 6.64. The smallest absolute Gasteiger partial charge is 0.291 e. The number of aromatic nitrogens is 2. The lowest BCUT2D eigenvalue weighted by Gasteiger charge is -2.29. The molecule has 1 aromatic heterocycles. The molecule has 0 unspecified atom stereocenters. The number of imidazole rings is 1. The van der Waals surface area contributed by atoms with E-state index in [9.17, 15) is 9.59 Å². The molecule has 1 aliphatic rings. The molecule has 0 saturated carbocycles. The second-order valence-corrected chi connectivity index (χ2v) is 8.87. The summed E-state index contributed by atoms with van der Waals surface area (Å²) in [6, 6.07) is 12.1. The molecule has 2 heterocycles. The summed E-state index contributed by atoms with van der Waals surface area (Å²) >= 11 is 0. The van der Waals surface area contributed by atoms with Crippen LogP contribution in [-0.4, -0.2) is 39.4 Å². The maximum atomic E-state index is 13.2. The van der Waals surface area contributed by atoms with Crippen molar-refractivity contribution in [3.63, 3.8) is 0 Å². The normalized spacial score (nSPS) is 13.6. The van der Waals surface area contributed by atoms with Crippen LogP contribution in [0.4, 0.5) is 11.4 Å². The van der Waals surface area contributed by atoms with Crippen molar-refractivity contribution in [2.24, 2.45) is 7.05 Å². The molecule has 7 nitrogen and oxygen atoms in total. The summed E-state index contributed by atoms with van der Waals surface area (Å²) in [5, 5.41) is 5.82. The Hall–Kier alpha value is -3.45. The van der Waals surface area contributed by atoms with E-state index in [-0.39, 0.29) is 5.91 Å². The molecule has 0 spiro atoms. The first-order valence-electron chi connectivity index (χ1n) is 11.3. The minimum absolute atomic E-state index is 0.212. The van der Waals surface area contributed by atoms with Gasteiger partial charge in [0.25, 0.3) is 5.91 Å². The van der Waals surface area contributed by atoms with Gasteiger partial charge in [0.2, 0.25) is 6.41 Å². The first-order valence-corrected chi connectivity index (χ1v) is 11.3. The van der Waals surface area contributed by atoms with Crippen molar-refractivity contribution in [2.45, 2.75) is 46.7 Å². The number of nitrogens with zero attached hydrogens (tertiary/aromatic N) is 3. The van der Waals surface area contributed by atoms with E-state index >= 15 is 0 Å². The summed E-state index contributed by atoms with van der Waals surface area (Å²) < 4.78 is 1.93. The molecular formula is C26H31N5O2. The van der Waals surface area contributed by atoms with Gasteiger partial charge in [0, 0.05) is 49.7 Å². The average molecular weight is 446 g/mol. The summed E-state index contributed by atoms with van der Waals surface area (Å²) in [7, 11) is 1.92. The fourth-order valence-corrected chi connectivity index (χ4v) is 4.58. The summed E-state index contributed by atoms with van der Waals surface area (Å²) in [6.45, 7) is 10.1. The molecule has 2 aromatic carbocycles. The van der Waals surface area contributed by atoms with E-state index in [2.05, 4.69) is 29.4 Å². The van der Waals surface area contributed by atoms with Crippen molar-refractivity contribution in [1.29, 1.82) is 0 Å². The predicted octanol–water partition coefficient (Wildman–Crippen LogP) is 4.29. The minimum Gasteiger partial charge on any atom is -0.328 e. The minimum atomic E-state index is -0.212. The van der Waals surface area contributed by atoms with Gasteiger partial charge < -0.3 is 15.2 Å². The standard InChI is InChI=1S/C26H31N5O2/c1-16(2)31-13-12-24-23(14-31)28-25(30(24)5)26(33)29-22-11-7-9-20(18(22)4)19-8-6-10-21(17(19)3)27-15-32/h6-11,15-16H,12-14H2,1-5H3,(H,27,32)(H,29,33). The van der Waals surface area contributed by atoms with Gasteiger partial charge in [-0.3, -0.25) is 14.5 Å². The molecule has 0 bridgehead atoms. The van der Waals surface area contributed by atoms with Crippen LogP contribution in [0, 0.1) is 13.8 Å². The predicted molar refractivity (Wildman–Crippen MR) is 131 cm³/mol. The molecule has 3 aromatic rings. The van der Waals surface area contributed by atoms with Crippen molar-refractivity contribution in [3.8, 4) is 11.1 Å². The largest absolute Gasteiger partial charge is 0.328 e. The van der Waals surface area contributed by atoms with Crippen LogP contribution < -0.4 is 10.6 Å². The van der Waals surface area contributed by atoms with Crippen LogP contribution >= 0.6 is 0 Å². The Kier molecular flexibility index (Phi) is 6.33. The molecule has 172 valence electrons. The lowest BCUT2D eigenvalue weighted by molar-refractivity contribution is -0.105. The lowest BCUT2D eigenvalue weighted by atomic mass is 9.94. The molecule has 2 N–H and O–H groups in total. The van der Waals surface area contributed by atoms with E-state index in [4.69, 9.17) is 4.98 Å². The van der Waals surface area contributed by atoms with Gasteiger partial charge in [-0.05, 0) is 62.1 Å². The molecule has 0 atom stereocenters. The monoisotopic (exact) mass is 445 g/mol. The summed E-state index contributed by atoms with van der Waals surface area (Å²) in [5.41, 5.74) is 7.59. The molecule has 0 aliphatic carbocycles. The highest BCUT2D eigenvalue weighted by Crippen LogP contribution is 2.34. The maximum absolute atomic E-state index is 13.2. The van der Waals surface area contributed by atoms with Gasteiger partial charge in [-0.25, -0.2) is 4.98 Å². The van der Waals surface area contributed by atoms with E-state index in [1.54, 1.807) is 0 Å². The van der Waals surface area contributed by atoms with E-state index in [0.717, 1.165) is 64.5 Å². The van der Waals surface area contributed by atoms with Crippen LogP contribution in [-0.2, 0) is 24.8 Å². The zero-order valence-electron chi connectivity index (χ0n) is 19.9. The number of anilines is 2. The molecule has 4 rings (SSSR count). The van der Waals surface area contributed by atoms with Gasteiger partial charge in [-0.1, -0.05) is 24.3 Å². The quantitative estimate of drug-likeness (QED) is 0.555. The van der Waals surface area contributed by atoms with E-state index in [0.29, 0.717) is 18.3 Å². The van der Waals surface area contributed by atoms with Crippen molar-refractivity contribution >= 4 is 23.7 Å². The Morgan fingerprint density at radius 2 is 1.70 bits per heavy atom. The van der Waals surface area contributed by atoms with Gasteiger partial charge in [-0.2, -0.15) is 0 Å². The van der Waals surface area contributed by atoms with Crippen molar-refractivity contribution in [2.75, 3.05) is 17.2 Å². The fourth-order valence-electron chi connectivity index (χ4n) is 4.58. The highest BCUT2D eigenvalue weighted by molar-refractivity contribution is 6.03. The number of amides is 2. The maximum Gasteiger partial charge on any atom is 0.291 e. The summed E-state index contributed by atoms with van der Waals surface area (Å²) in [4.78, 5) is 31.2. The summed E-state index contributed by atoms with van der Waals surface area (Å²) in [5.74, 6) is 0.222. The Bertz CT molecular complexity index is 1210. The van der Waals surface area contributed by atoms with Crippen LogP contribution in [0.1, 0.15) is 47.0 Å². The number of hydrogen-bond donors (Lipinski definition) is 2. The first-order chi connectivity index (χ1) is 15.8. The zero-order valence-corrected chi connectivity index (χ0v) is 19.9. The van der Waals surface area contributed by atoms with E-state index in [1.807, 2.05) is 61.9 Å². The Balaban J connectivity index is 1.62. The highest BCUT2D eigenvalue weighted by atomic mass is 16.2. The van der Waals surface area contributed by atoms with Gasteiger partial charge in [0.05, 0.1) is 5.69 Å². The van der Waals surface area contributed by atoms with Gasteiger partial charge >= 0.3 is 0 Å². The SMILES string of the molecule is Cc1c(NC=O)cccc1-c1cccc(NC(=O)c2nc3c(n2C)CCN(C(C)C)C3)c1C. The third-order valence-corrected chi connectivity index (χ3v) is 6.64. The first kappa shape index (κ1) is 22.7. The van der Waals surface area contributed by atoms with Gasteiger partial charge in [0.15, 0.2) is 5.82 Å². The molecule has 0 saturated heterocycles. The molecular weight excluding hydrogens is 414 g/mol. The Morgan fingerprint density at radius 3 is 2.33 bits per heavy atom. The average Bonchev–Trinajstić information content (AvgIpc) is 3.13. The molecule has 33 heavy (non-hydrogen) atoms. The number of hydrogen-bond acceptors (Lipinski definition) is 4. The van der Waals surface area contributed by atoms with Crippen molar-refractivity contribution in [1.82, 2.24) is 14.5 Å². The molecule has 7 heteroatoms. The zero-order chi connectivity index (χ0) is 23.7. The van der Waals surface area contributed by atoms with Crippen molar-refractivity contribution < 1.29 is 9.59 Å². The van der Waals surface area contributed by atoms with Crippen LogP contribution in [0.15, 0.2) is 36.4 Å². The second kappa shape index (κ2) is 9.19. The van der Waals surface area contributed by atoms with E-state index in [1.165, 1.54) is 0 Å². The Labute approximate surface area is 194 Å². The number of benzene rings is 2. The molecule has 2 amide bonds. The number of fused-ring (bicyclic) bond motifs is 1. The third kappa shape index (κ3) is 4.28. The van der Waals surface area contributed by atoms with Crippen LogP contribution in [0.2, 0.25) is 0 Å². The number of carbonyl (C=O) groups excluding carboxylic acids is 2. The molecule has 1 aliphatic heterocycles. The number of rotatable bonds is 6. The lowest BCUT2D eigenvalue weighted by Crippen LogP contribution is -2.36. The number of nitrogens with one attached hydrogen (secondary N) is 2. The van der Waals surface area contributed by atoms with E-state index < -0.39 is 0 Å². The van der Waals surface area contributed by atoms with Gasteiger partial charge in [-0.15, -0.1) is 0 Å². The van der Waals surface area contributed by atoms with Crippen LogP contribution in [0.25, 0.3) is 11.1 Å². The Morgan fingerprint density at radius 1 is 1.06 bits per heavy atom. The van der Waals surface area contributed by atoms with Crippen molar-refractivity contribution in [3.05, 3.63) is 64.7 Å². The second-order valence-electron chi connectivity index (χ2n) is 8.87. The number of carbonyl (C=O) groups is 2. The van der Waals surface area contributed by atoms with Gasteiger partial charge in [0.1, 0.15) is 0 Å². The fraction of sp³-hybridized carbons (Fsp3) is 0.346. The molecule has 0 fully saturated rings. The van der Waals surface area contributed by atoms with Crippen LogP contribution in [0.5, 0.6) is 0 Å². The molecule has 0 radical (unpaired) electrons. The topological polar surface area (TPSA) is 79.3 Å². The van der Waals surface area contributed by atoms with Crippen LogP contribution in [0.3, 0.4) is 0 Å². The highest BCUT2D eigenvalue weighted by Gasteiger charge is 2.26. The summed E-state index contributed by atoms with van der Waals surface area (Å²) in [6.07, 6.45) is 1.58.